The molecule has 0 radical (unpaired) electrons. The first kappa shape index (κ1) is 19.5. The zero-order valence-corrected chi connectivity index (χ0v) is 16.7. The highest BCUT2D eigenvalue weighted by Crippen LogP contribution is 2.30. The second-order valence-electron chi connectivity index (χ2n) is 6.26. The Balaban J connectivity index is 1.74. The van der Waals surface area contributed by atoms with Gasteiger partial charge in [-0.3, -0.25) is 19.5 Å². The number of benzene rings is 2. The van der Waals surface area contributed by atoms with Gasteiger partial charge in [0.15, 0.2) is 5.17 Å². The third-order valence-electron chi connectivity index (χ3n) is 4.03. The number of halogens is 1. The van der Waals surface area contributed by atoms with Crippen molar-refractivity contribution in [3.63, 3.8) is 0 Å². The summed E-state index contributed by atoms with van der Waals surface area (Å²) in [6, 6.07) is 16.7. The monoisotopic (exact) mass is 401 g/mol. The van der Waals surface area contributed by atoms with Gasteiger partial charge in [0.05, 0.1) is 16.5 Å². The van der Waals surface area contributed by atoms with Crippen molar-refractivity contribution in [2.45, 2.75) is 19.9 Å². The minimum atomic E-state index is -0.151. The third-order valence-corrected chi connectivity index (χ3v) is 5.31. The van der Waals surface area contributed by atoms with Gasteiger partial charge in [0.25, 0.3) is 5.91 Å². The fraction of sp³-hybridized carbons (Fsp3) is 0.250. The summed E-state index contributed by atoms with van der Waals surface area (Å²) in [4.78, 5) is 32.7. The second kappa shape index (κ2) is 8.59. The number of amidine groups is 1. The maximum Gasteiger partial charge on any atom is 0.254 e. The highest BCUT2D eigenvalue weighted by molar-refractivity contribution is 8.14. The lowest BCUT2D eigenvalue weighted by Crippen LogP contribution is -2.39. The van der Waals surface area contributed by atoms with Crippen molar-refractivity contribution < 1.29 is 9.59 Å². The number of thioether (sulfide) groups is 1. The molecule has 0 aromatic heterocycles. The van der Waals surface area contributed by atoms with E-state index < -0.39 is 0 Å². The molecule has 0 spiro atoms. The number of hydrogen-bond acceptors (Lipinski definition) is 4. The molecular weight excluding hydrogens is 382 g/mol. The molecule has 0 saturated heterocycles. The molecule has 1 aliphatic rings. The van der Waals surface area contributed by atoms with Gasteiger partial charge in [-0.05, 0) is 38.1 Å². The number of carbonyl (C=O) groups is 2. The van der Waals surface area contributed by atoms with Crippen LogP contribution in [0.1, 0.15) is 13.8 Å². The molecule has 27 heavy (non-hydrogen) atoms. The van der Waals surface area contributed by atoms with Crippen molar-refractivity contribution in [2.75, 3.05) is 22.1 Å². The summed E-state index contributed by atoms with van der Waals surface area (Å²) in [7, 11) is 0. The number of amides is 2. The Bertz CT molecular complexity index is 871. The predicted molar refractivity (Wildman–Crippen MR) is 113 cm³/mol. The number of anilines is 2. The van der Waals surface area contributed by atoms with Gasteiger partial charge in [-0.1, -0.05) is 53.7 Å². The van der Waals surface area contributed by atoms with Crippen LogP contribution in [0.5, 0.6) is 0 Å². The van der Waals surface area contributed by atoms with Crippen LogP contribution < -0.4 is 9.80 Å². The molecule has 2 aromatic rings. The summed E-state index contributed by atoms with van der Waals surface area (Å²) < 4.78 is 0. The normalized spacial score (nSPS) is 13.9. The van der Waals surface area contributed by atoms with Crippen molar-refractivity contribution in [1.82, 2.24) is 0 Å². The van der Waals surface area contributed by atoms with Crippen LogP contribution in [0, 0.1) is 0 Å². The quantitative estimate of drug-likeness (QED) is 0.753. The zero-order valence-electron chi connectivity index (χ0n) is 15.1. The summed E-state index contributed by atoms with van der Waals surface area (Å²) in [6.45, 7) is 4.01. The Labute approximate surface area is 168 Å². The highest BCUT2D eigenvalue weighted by Gasteiger charge is 2.30. The van der Waals surface area contributed by atoms with Gasteiger partial charge in [0.1, 0.15) is 6.54 Å². The Morgan fingerprint density at radius 1 is 1.19 bits per heavy atom. The smallest absolute Gasteiger partial charge is 0.254 e. The van der Waals surface area contributed by atoms with E-state index in [9.17, 15) is 9.59 Å². The van der Waals surface area contributed by atoms with Crippen LogP contribution in [0.15, 0.2) is 59.6 Å². The van der Waals surface area contributed by atoms with E-state index in [1.165, 1.54) is 16.7 Å². The van der Waals surface area contributed by atoms with Crippen LogP contribution in [-0.2, 0) is 9.59 Å². The van der Waals surface area contributed by atoms with E-state index in [4.69, 9.17) is 11.6 Å². The van der Waals surface area contributed by atoms with E-state index in [1.807, 2.05) is 50.2 Å². The molecule has 0 atom stereocenters. The maximum absolute atomic E-state index is 12.9. The predicted octanol–water partition coefficient (Wildman–Crippen LogP) is 4.22. The minimum Gasteiger partial charge on any atom is -0.309 e. The van der Waals surface area contributed by atoms with E-state index in [0.717, 1.165) is 5.69 Å². The van der Waals surface area contributed by atoms with Gasteiger partial charge in [-0.2, -0.15) is 0 Å². The highest BCUT2D eigenvalue weighted by atomic mass is 35.5. The van der Waals surface area contributed by atoms with Crippen LogP contribution in [0.25, 0.3) is 0 Å². The molecule has 2 aromatic carbocycles. The topological polar surface area (TPSA) is 53.0 Å². The Morgan fingerprint density at radius 3 is 2.52 bits per heavy atom. The number of hydrogen-bond donors (Lipinski definition) is 0. The number of nitrogens with zero attached hydrogens (tertiary/aromatic N) is 3. The number of rotatable bonds is 5. The van der Waals surface area contributed by atoms with Crippen LogP contribution in [0.3, 0.4) is 0 Å². The average molecular weight is 402 g/mol. The van der Waals surface area contributed by atoms with E-state index in [1.54, 1.807) is 23.1 Å². The molecular formula is C20H20ClN3O2S. The zero-order chi connectivity index (χ0) is 19.4. The molecule has 0 N–H and O–H groups in total. The van der Waals surface area contributed by atoms with Crippen molar-refractivity contribution >= 4 is 51.7 Å². The fourth-order valence-corrected chi connectivity index (χ4v) is 3.98. The number of carbonyl (C=O) groups excluding carboxylic acids is 2. The van der Waals surface area contributed by atoms with E-state index in [0.29, 0.717) is 15.9 Å². The van der Waals surface area contributed by atoms with Gasteiger partial charge >= 0.3 is 0 Å². The van der Waals surface area contributed by atoms with E-state index in [-0.39, 0.29) is 30.2 Å². The van der Waals surface area contributed by atoms with Crippen LogP contribution in [0.2, 0.25) is 5.02 Å². The van der Waals surface area contributed by atoms with E-state index >= 15 is 0 Å². The van der Waals surface area contributed by atoms with Crippen LogP contribution in [-0.4, -0.2) is 35.3 Å². The van der Waals surface area contributed by atoms with Crippen LogP contribution >= 0.6 is 23.4 Å². The standard InChI is InChI=1S/C20H20ClN3O2S/c1-14(2)23(15-8-4-3-5-9-15)19(26)13-27-20-22-12-18(25)24(20)17-11-7-6-10-16(17)21/h3-11,14H,12-13H2,1-2H3. The van der Waals surface area contributed by atoms with Crippen molar-refractivity contribution in [2.24, 2.45) is 4.99 Å². The Hall–Kier alpha value is -2.31. The molecule has 0 fully saturated rings. The summed E-state index contributed by atoms with van der Waals surface area (Å²) in [5, 5.41) is 0.971. The lowest BCUT2D eigenvalue weighted by atomic mass is 10.2. The Morgan fingerprint density at radius 2 is 1.85 bits per heavy atom. The molecule has 0 aliphatic carbocycles. The summed E-state index contributed by atoms with van der Waals surface area (Å²) >= 11 is 7.49. The fourth-order valence-electron chi connectivity index (χ4n) is 2.88. The molecule has 0 unspecified atom stereocenters. The first-order valence-corrected chi connectivity index (χ1v) is 9.97. The molecule has 3 rings (SSSR count). The third kappa shape index (κ3) is 4.34. The van der Waals surface area contributed by atoms with Gasteiger partial charge < -0.3 is 4.90 Å². The lowest BCUT2D eigenvalue weighted by Gasteiger charge is -2.27. The summed E-state index contributed by atoms with van der Waals surface area (Å²) in [5.74, 6) is -0.00988. The first-order valence-electron chi connectivity index (χ1n) is 8.61. The van der Waals surface area contributed by atoms with Crippen molar-refractivity contribution in [1.29, 1.82) is 0 Å². The molecule has 7 heteroatoms. The molecule has 1 aliphatic heterocycles. The minimum absolute atomic E-state index is 0.0207. The summed E-state index contributed by atoms with van der Waals surface area (Å²) in [6.07, 6.45) is 0. The van der Waals surface area contributed by atoms with Crippen molar-refractivity contribution in [3.8, 4) is 0 Å². The average Bonchev–Trinajstić information content (AvgIpc) is 3.01. The van der Waals surface area contributed by atoms with Gasteiger partial charge in [-0.25, -0.2) is 0 Å². The molecule has 140 valence electrons. The Kier molecular flexibility index (Phi) is 6.19. The number of para-hydroxylation sites is 2. The largest absolute Gasteiger partial charge is 0.309 e. The maximum atomic E-state index is 12.9. The van der Waals surface area contributed by atoms with Crippen molar-refractivity contribution in [3.05, 3.63) is 59.6 Å². The molecule has 1 heterocycles. The first-order chi connectivity index (χ1) is 13.0. The molecule has 5 nitrogen and oxygen atoms in total. The van der Waals surface area contributed by atoms with Crippen LogP contribution in [0.4, 0.5) is 11.4 Å². The van der Waals surface area contributed by atoms with Gasteiger partial charge in [0, 0.05) is 11.7 Å². The SMILES string of the molecule is CC(C)N(C(=O)CSC1=NCC(=O)N1c1ccccc1Cl)c1ccccc1. The molecule has 0 saturated carbocycles. The summed E-state index contributed by atoms with van der Waals surface area (Å²) in [5.41, 5.74) is 1.44. The second-order valence-corrected chi connectivity index (χ2v) is 7.61. The van der Waals surface area contributed by atoms with Gasteiger partial charge in [-0.15, -0.1) is 0 Å². The van der Waals surface area contributed by atoms with Gasteiger partial charge in [0.2, 0.25) is 5.91 Å². The number of aliphatic imine (C=N–C) groups is 1. The van der Waals surface area contributed by atoms with E-state index in [2.05, 4.69) is 4.99 Å². The molecule has 2 amide bonds. The molecule has 0 bridgehead atoms. The lowest BCUT2D eigenvalue weighted by molar-refractivity contribution is -0.117.